The van der Waals surface area contributed by atoms with E-state index in [1.165, 1.54) is 94.8 Å². The summed E-state index contributed by atoms with van der Waals surface area (Å²) in [6.07, 6.45) is 19.7. The van der Waals surface area contributed by atoms with Crippen LogP contribution in [0.2, 0.25) is 0 Å². The molecule has 0 aliphatic rings. The van der Waals surface area contributed by atoms with Gasteiger partial charge in [0.15, 0.2) is 0 Å². The van der Waals surface area contributed by atoms with E-state index >= 15 is 0 Å². The quantitative estimate of drug-likeness (QED) is 0.175. The van der Waals surface area contributed by atoms with Crippen LogP contribution < -0.4 is 0 Å². The zero-order valence-corrected chi connectivity index (χ0v) is 19.9. The van der Waals surface area contributed by atoms with Gasteiger partial charge in [0, 0.05) is 10.1 Å². The Bertz CT molecular complexity index is 418. The molecule has 1 aromatic carbocycles. The molecule has 0 spiro atoms. The van der Waals surface area contributed by atoms with Crippen LogP contribution in [0.4, 0.5) is 0 Å². The Kier molecular flexibility index (Phi) is 16.6. The molecule has 0 aliphatic carbocycles. The molecule has 156 valence electrons. The molecule has 1 aromatic rings. The Hall–Kier alpha value is -0.0800. The number of benzene rings is 1. The van der Waals surface area contributed by atoms with Gasteiger partial charge in [0.2, 0.25) is 0 Å². The van der Waals surface area contributed by atoms with Gasteiger partial charge in [-0.1, -0.05) is 131 Å². The highest BCUT2D eigenvalue weighted by Gasteiger charge is 2.22. The van der Waals surface area contributed by atoms with Gasteiger partial charge < -0.3 is 0 Å². The summed E-state index contributed by atoms with van der Waals surface area (Å²) in [5.74, 6) is 0.911. The van der Waals surface area contributed by atoms with E-state index in [2.05, 4.69) is 61.9 Å². The highest BCUT2D eigenvalue weighted by atomic mass is 33.1. The zero-order chi connectivity index (χ0) is 19.6. The van der Waals surface area contributed by atoms with Gasteiger partial charge >= 0.3 is 0 Å². The molecule has 0 fully saturated rings. The summed E-state index contributed by atoms with van der Waals surface area (Å²) in [7, 11) is 4.19. The third-order valence-electron chi connectivity index (χ3n) is 5.49. The molecule has 2 heteroatoms. The minimum atomic E-state index is 0.824. The van der Waals surface area contributed by atoms with Crippen molar-refractivity contribution in [2.75, 3.05) is 0 Å². The molecule has 27 heavy (non-hydrogen) atoms. The monoisotopic (exact) mass is 408 g/mol. The van der Waals surface area contributed by atoms with Gasteiger partial charge in [0.25, 0.3) is 0 Å². The molecular weight excluding hydrogens is 364 g/mol. The minimum absolute atomic E-state index is 0.824. The lowest BCUT2D eigenvalue weighted by Gasteiger charge is -2.27. The van der Waals surface area contributed by atoms with E-state index in [1.54, 1.807) is 0 Å². The SMILES string of the molecule is CCCCCCCC(CCCC)C(CCCCCC)SSc1ccccc1. The van der Waals surface area contributed by atoms with Crippen LogP contribution in [0.3, 0.4) is 0 Å². The molecule has 2 unspecified atom stereocenters. The fraction of sp³-hybridized carbons (Fsp3) is 0.760. The van der Waals surface area contributed by atoms with Gasteiger partial charge in [-0.15, -0.1) is 0 Å². The highest BCUT2D eigenvalue weighted by molar-refractivity contribution is 8.76. The number of hydrogen-bond acceptors (Lipinski definition) is 2. The average molecular weight is 409 g/mol. The molecule has 2 atom stereocenters. The fourth-order valence-corrected chi connectivity index (χ4v) is 6.71. The van der Waals surface area contributed by atoms with Crippen molar-refractivity contribution in [3.63, 3.8) is 0 Å². The van der Waals surface area contributed by atoms with Gasteiger partial charge in [-0.3, -0.25) is 0 Å². The summed E-state index contributed by atoms with van der Waals surface area (Å²) in [4.78, 5) is 1.42. The first kappa shape index (κ1) is 25.0. The lowest BCUT2D eigenvalue weighted by molar-refractivity contribution is 0.382. The van der Waals surface area contributed by atoms with Crippen LogP contribution in [0.25, 0.3) is 0 Å². The van der Waals surface area contributed by atoms with Crippen LogP contribution >= 0.6 is 21.6 Å². The maximum Gasteiger partial charge on any atom is 0.0183 e. The standard InChI is InChI=1S/C25H44S2/c1-4-7-10-12-14-19-23(18-9-6-3)25(22-17-11-8-5-2)27-26-24-20-15-13-16-21-24/h13,15-16,20-21,23,25H,4-12,14,17-19,22H2,1-3H3. The van der Waals surface area contributed by atoms with Crippen LogP contribution in [-0.4, -0.2) is 5.25 Å². The van der Waals surface area contributed by atoms with Gasteiger partial charge in [0.1, 0.15) is 0 Å². The minimum Gasteiger partial charge on any atom is -0.0852 e. The number of hydrogen-bond donors (Lipinski definition) is 0. The average Bonchev–Trinajstić information content (AvgIpc) is 2.70. The molecule has 0 nitrogen and oxygen atoms in total. The van der Waals surface area contributed by atoms with Gasteiger partial charge in [-0.25, -0.2) is 0 Å². The topological polar surface area (TPSA) is 0 Å². The summed E-state index contributed by atoms with van der Waals surface area (Å²) in [5.41, 5.74) is 0. The van der Waals surface area contributed by atoms with Crippen LogP contribution in [0.1, 0.15) is 111 Å². The molecule has 0 amide bonds. The third kappa shape index (κ3) is 12.9. The van der Waals surface area contributed by atoms with E-state index in [9.17, 15) is 0 Å². The predicted octanol–water partition coefficient (Wildman–Crippen LogP) is 9.93. The molecule has 0 heterocycles. The molecule has 0 aliphatic heterocycles. The Morgan fingerprint density at radius 3 is 1.85 bits per heavy atom. The normalized spacial score (nSPS) is 13.6. The van der Waals surface area contributed by atoms with Crippen molar-refractivity contribution in [2.24, 2.45) is 5.92 Å². The van der Waals surface area contributed by atoms with Crippen molar-refractivity contribution in [2.45, 2.75) is 121 Å². The molecular formula is C25H44S2. The maximum absolute atomic E-state index is 2.35. The van der Waals surface area contributed by atoms with Crippen molar-refractivity contribution in [3.8, 4) is 0 Å². The van der Waals surface area contributed by atoms with Crippen LogP contribution in [-0.2, 0) is 0 Å². The van der Waals surface area contributed by atoms with Crippen LogP contribution in [0, 0.1) is 5.92 Å². The second-order valence-corrected chi connectivity index (χ2v) is 10.5. The van der Waals surface area contributed by atoms with E-state index in [0.29, 0.717) is 0 Å². The number of unbranched alkanes of at least 4 members (excludes halogenated alkanes) is 8. The summed E-state index contributed by atoms with van der Waals surface area (Å²) >= 11 is 0. The van der Waals surface area contributed by atoms with Gasteiger partial charge in [-0.05, 0) is 37.3 Å². The molecule has 1 rings (SSSR count). The summed E-state index contributed by atoms with van der Waals surface area (Å²) in [6, 6.07) is 11.0. The van der Waals surface area contributed by atoms with E-state index < -0.39 is 0 Å². The van der Waals surface area contributed by atoms with Crippen molar-refractivity contribution in [1.82, 2.24) is 0 Å². The van der Waals surface area contributed by atoms with E-state index in [4.69, 9.17) is 0 Å². The van der Waals surface area contributed by atoms with Crippen LogP contribution in [0.5, 0.6) is 0 Å². The largest absolute Gasteiger partial charge is 0.0852 e. The molecule has 0 radical (unpaired) electrons. The van der Waals surface area contributed by atoms with Crippen molar-refractivity contribution in [1.29, 1.82) is 0 Å². The summed E-state index contributed by atoms with van der Waals surface area (Å²) in [6.45, 7) is 6.98. The summed E-state index contributed by atoms with van der Waals surface area (Å²) < 4.78 is 0. The van der Waals surface area contributed by atoms with E-state index in [1.807, 2.05) is 10.8 Å². The van der Waals surface area contributed by atoms with Crippen molar-refractivity contribution in [3.05, 3.63) is 30.3 Å². The van der Waals surface area contributed by atoms with E-state index in [-0.39, 0.29) is 0 Å². The second-order valence-electron chi connectivity index (χ2n) is 7.99. The second kappa shape index (κ2) is 18.0. The van der Waals surface area contributed by atoms with Crippen LogP contribution in [0.15, 0.2) is 35.2 Å². The molecule has 0 aromatic heterocycles. The molecule has 0 saturated heterocycles. The van der Waals surface area contributed by atoms with Crippen molar-refractivity contribution < 1.29 is 0 Å². The third-order valence-corrected chi connectivity index (χ3v) is 8.52. The predicted molar refractivity (Wildman–Crippen MR) is 129 cm³/mol. The first-order valence-corrected chi connectivity index (χ1v) is 13.9. The summed E-state index contributed by atoms with van der Waals surface area (Å²) in [5, 5.41) is 0.824. The van der Waals surface area contributed by atoms with Gasteiger partial charge in [-0.2, -0.15) is 0 Å². The fourth-order valence-electron chi connectivity index (χ4n) is 3.72. The van der Waals surface area contributed by atoms with Gasteiger partial charge in [0.05, 0.1) is 0 Å². The maximum atomic E-state index is 2.35. The highest BCUT2D eigenvalue weighted by Crippen LogP contribution is 2.42. The lowest BCUT2D eigenvalue weighted by Crippen LogP contribution is -2.17. The first-order chi connectivity index (χ1) is 13.3. The smallest absolute Gasteiger partial charge is 0.0183 e. The Labute approximate surface area is 178 Å². The Morgan fingerprint density at radius 2 is 1.19 bits per heavy atom. The zero-order valence-electron chi connectivity index (χ0n) is 18.3. The lowest BCUT2D eigenvalue weighted by atomic mass is 9.89. The molecule has 0 saturated carbocycles. The van der Waals surface area contributed by atoms with Crippen molar-refractivity contribution >= 4 is 21.6 Å². The Balaban J connectivity index is 2.59. The molecule has 0 bridgehead atoms. The Morgan fingerprint density at radius 1 is 0.630 bits per heavy atom. The van der Waals surface area contributed by atoms with E-state index in [0.717, 1.165) is 11.2 Å². The number of rotatable bonds is 18. The molecule has 0 N–H and O–H groups in total. The first-order valence-electron chi connectivity index (χ1n) is 11.7.